The van der Waals surface area contributed by atoms with Crippen LogP contribution in [0.5, 0.6) is 0 Å². The Bertz CT molecular complexity index is 1790. The molecule has 0 radical (unpaired) electrons. The Kier molecular flexibility index (Phi) is 9.73. The van der Waals surface area contributed by atoms with Gasteiger partial charge in [0.25, 0.3) is 0 Å². The van der Waals surface area contributed by atoms with Gasteiger partial charge in [-0.05, 0) is 46.5 Å². The van der Waals surface area contributed by atoms with Gasteiger partial charge in [0, 0.05) is 0 Å². The van der Waals surface area contributed by atoms with Crippen LogP contribution in [-0.4, -0.2) is 46.4 Å². The molecular weight excluding hydrogens is 638 g/mol. The van der Waals surface area contributed by atoms with Crippen molar-refractivity contribution in [3.8, 4) is 0 Å². The van der Waals surface area contributed by atoms with E-state index in [0.29, 0.717) is 23.3 Å². The van der Waals surface area contributed by atoms with Crippen LogP contribution in [0.2, 0.25) is 0 Å². The number of alkyl halides is 6. The summed E-state index contributed by atoms with van der Waals surface area (Å²) in [4.78, 5) is 49.5. The molecule has 47 heavy (non-hydrogen) atoms. The minimum Gasteiger partial charge on any atom is -0.478 e. The molecular formula is C33H22F6O8. The lowest BCUT2D eigenvalue weighted by Crippen LogP contribution is -2.55. The van der Waals surface area contributed by atoms with Crippen molar-refractivity contribution in [1.29, 1.82) is 0 Å². The molecule has 0 aromatic heterocycles. The Morgan fingerprint density at radius 2 is 0.894 bits per heavy atom. The molecule has 0 bridgehead atoms. The first-order valence-electron chi connectivity index (χ1n) is 13.4. The van der Waals surface area contributed by atoms with E-state index in [0.717, 1.165) is 0 Å². The Balaban J connectivity index is 1.87. The van der Waals surface area contributed by atoms with Gasteiger partial charge in [0.1, 0.15) is 13.2 Å². The molecule has 0 atom stereocenters. The van der Waals surface area contributed by atoms with E-state index in [-0.39, 0.29) is 30.9 Å². The molecule has 0 fully saturated rings. The van der Waals surface area contributed by atoms with Crippen LogP contribution >= 0.6 is 0 Å². The number of carbonyl (C=O) groups is 4. The monoisotopic (exact) mass is 660 g/mol. The van der Waals surface area contributed by atoms with E-state index in [9.17, 15) is 55.7 Å². The summed E-state index contributed by atoms with van der Waals surface area (Å²) < 4.78 is 99.5. The summed E-state index contributed by atoms with van der Waals surface area (Å²) in [7, 11) is 0. The van der Waals surface area contributed by atoms with E-state index in [2.05, 4.69) is 0 Å². The van der Waals surface area contributed by atoms with Crippen LogP contribution in [0, 0.1) is 0 Å². The van der Waals surface area contributed by atoms with Gasteiger partial charge in [0.2, 0.25) is 5.41 Å². The third-order valence-electron chi connectivity index (χ3n) is 7.08. The number of halogens is 6. The SMILES string of the molecule is O=C(O)c1cc(C(c2ccc(C(=O)O)c(C(=O)OCc3ccccc3)c2)(C(F)(F)F)C(F)(F)F)ccc1C(=O)OCc1ccccc1. The van der Waals surface area contributed by atoms with E-state index in [1.807, 2.05) is 0 Å². The lowest BCUT2D eigenvalue weighted by Gasteiger charge is -2.38. The lowest BCUT2D eigenvalue weighted by molar-refractivity contribution is -0.288. The first-order valence-corrected chi connectivity index (χ1v) is 13.4. The summed E-state index contributed by atoms with van der Waals surface area (Å²) in [5.74, 6) is -6.76. The van der Waals surface area contributed by atoms with Crippen molar-refractivity contribution in [2.75, 3.05) is 0 Å². The first-order chi connectivity index (χ1) is 22.1. The molecule has 0 spiro atoms. The molecule has 14 heteroatoms. The highest BCUT2D eigenvalue weighted by molar-refractivity contribution is 6.03. The highest BCUT2D eigenvalue weighted by Crippen LogP contribution is 2.56. The summed E-state index contributed by atoms with van der Waals surface area (Å²) >= 11 is 0. The number of hydrogen-bond acceptors (Lipinski definition) is 6. The van der Waals surface area contributed by atoms with E-state index >= 15 is 0 Å². The second kappa shape index (κ2) is 13.4. The summed E-state index contributed by atoms with van der Waals surface area (Å²) in [6, 6.07) is 17.2. The van der Waals surface area contributed by atoms with Crippen LogP contribution in [0.4, 0.5) is 26.3 Å². The van der Waals surface area contributed by atoms with Gasteiger partial charge in [0.15, 0.2) is 0 Å². The van der Waals surface area contributed by atoms with E-state index < -0.39 is 81.6 Å². The number of hydrogen-bond donors (Lipinski definition) is 2. The standard InChI is InChI=1S/C33H22F6O8/c34-32(35,36)31(33(37,38)39,21-12-14-24(25(15-21)28(42)43)29(44)46-17-19-7-3-1-4-8-19)22-11-13-23(27(40)41)26(16-22)30(45)47-18-20-9-5-2-6-10-20/h1-16H,17-18H2,(H,40,41)(H,42,43). The molecule has 0 aliphatic rings. The highest BCUT2D eigenvalue weighted by Gasteiger charge is 2.72. The summed E-state index contributed by atoms with van der Waals surface area (Å²) in [5.41, 5.74) is -11.6. The zero-order valence-electron chi connectivity index (χ0n) is 23.8. The Hall–Kier alpha value is -5.66. The van der Waals surface area contributed by atoms with Crippen molar-refractivity contribution in [2.24, 2.45) is 0 Å². The smallest absolute Gasteiger partial charge is 0.411 e. The van der Waals surface area contributed by atoms with Gasteiger partial charge in [0.05, 0.1) is 22.3 Å². The molecule has 2 N–H and O–H groups in total. The van der Waals surface area contributed by atoms with Crippen molar-refractivity contribution in [3.63, 3.8) is 0 Å². The number of carbonyl (C=O) groups excluding carboxylic acids is 2. The molecule has 0 heterocycles. The number of benzene rings is 4. The predicted molar refractivity (Wildman–Crippen MR) is 151 cm³/mol. The van der Waals surface area contributed by atoms with E-state index in [1.54, 1.807) is 48.5 Å². The maximum atomic E-state index is 14.9. The fraction of sp³-hybridized carbons (Fsp3) is 0.152. The number of esters is 2. The number of carboxylic acids is 2. The largest absolute Gasteiger partial charge is 0.478 e. The maximum Gasteiger partial charge on any atom is 0.411 e. The Morgan fingerprint density at radius 3 is 1.30 bits per heavy atom. The second-order valence-electron chi connectivity index (χ2n) is 10.0. The highest BCUT2D eigenvalue weighted by atomic mass is 19.4. The van der Waals surface area contributed by atoms with Crippen LogP contribution in [0.1, 0.15) is 63.7 Å². The number of aromatic carboxylic acids is 2. The Labute approximate surface area is 261 Å². The van der Waals surface area contributed by atoms with E-state index in [1.165, 1.54) is 12.1 Å². The second-order valence-corrected chi connectivity index (χ2v) is 10.0. The van der Waals surface area contributed by atoms with Gasteiger partial charge in [-0.15, -0.1) is 0 Å². The topological polar surface area (TPSA) is 127 Å². The van der Waals surface area contributed by atoms with Crippen LogP contribution < -0.4 is 0 Å². The van der Waals surface area contributed by atoms with Gasteiger partial charge in [-0.1, -0.05) is 72.8 Å². The normalized spacial score (nSPS) is 11.9. The van der Waals surface area contributed by atoms with Crippen LogP contribution in [0.25, 0.3) is 0 Å². The van der Waals surface area contributed by atoms with Gasteiger partial charge in [-0.3, -0.25) is 0 Å². The van der Waals surface area contributed by atoms with Crippen LogP contribution in [0.15, 0.2) is 97.1 Å². The van der Waals surface area contributed by atoms with Crippen molar-refractivity contribution >= 4 is 23.9 Å². The zero-order valence-corrected chi connectivity index (χ0v) is 23.8. The molecule has 0 aliphatic carbocycles. The van der Waals surface area contributed by atoms with Gasteiger partial charge < -0.3 is 19.7 Å². The van der Waals surface area contributed by atoms with Crippen molar-refractivity contribution in [3.05, 3.63) is 142 Å². The molecule has 4 aromatic carbocycles. The molecule has 244 valence electrons. The van der Waals surface area contributed by atoms with Gasteiger partial charge in [-0.25, -0.2) is 19.2 Å². The number of carboxylic acid groups (broad SMARTS) is 2. The fourth-order valence-corrected chi connectivity index (χ4v) is 4.85. The van der Waals surface area contributed by atoms with Crippen molar-refractivity contribution < 1.29 is 65.2 Å². The summed E-state index contributed by atoms with van der Waals surface area (Å²) in [6.07, 6.45) is -12.5. The molecule has 8 nitrogen and oxygen atoms in total. The summed E-state index contributed by atoms with van der Waals surface area (Å²) in [6.45, 7) is -0.870. The Morgan fingerprint density at radius 1 is 0.511 bits per heavy atom. The molecule has 0 unspecified atom stereocenters. The first kappa shape index (κ1) is 34.2. The maximum absolute atomic E-state index is 14.9. The summed E-state index contributed by atoms with van der Waals surface area (Å²) in [5, 5.41) is 19.3. The molecule has 0 aliphatic heterocycles. The minimum absolute atomic E-state index is 0.0426. The third kappa shape index (κ3) is 6.95. The molecule has 0 amide bonds. The quantitative estimate of drug-likeness (QED) is 0.135. The minimum atomic E-state index is -6.26. The third-order valence-corrected chi connectivity index (χ3v) is 7.08. The number of ether oxygens (including phenoxy) is 2. The van der Waals surface area contributed by atoms with Gasteiger partial charge >= 0.3 is 36.2 Å². The zero-order chi connectivity index (χ0) is 34.6. The molecule has 0 saturated heterocycles. The molecule has 4 aromatic rings. The predicted octanol–water partition coefficient (Wildman–Crippen LogP) is 7.21. The van der Waals surface area contributed by atoms with E-state index in [4.69, 9.17) is 9.47 Å². The van der Waals surface area contributed by atoms with Crippen molar-refractivity contribution in [1.82, 2.24) is 0 Å². The van der Waals surface area contributed by atoms with Gasteiger partial charge in [-0.2, -0.15) is 26.3 Å². The number of rotatable bonds is 10. The fourth-order valence-electron chi connectivity index (χ4n) is 4.85. The molecule has 0 saturated carbocycles. The van der Waals surface area contributed by atoms with Crippen LogP contribution in [0.3, 0.4) is 0 Å². The van der Waals surface area contributed by atoms with Crippen molar-refractivity contribution in [2.45, 2.75) is 31.0 Å². The molecule has 4 rings (SSSR count). The average molecular weight is 661 g/mol. The van der Waals surface area contributed by atoms with Crippen LogP contribution in [-0.2, 0) is 28.1 Å². The average Bonchev–Trinajstić information content (AvgIpc) is 3.02. The lowest BCUT2D eigenvalue weighted by atomic mass is 9.71.